The third kappa shape index (κ3) is 5.42. The second kappa shape index (κ2) is 12.2. The summed E-state index contributed by atoms with van der Waals surface area (Å²) in [5.41, 5.74) is 20.8. The Morgan fingerprint density at radius 1 is 0.576 bits per heavy atom. The molecule has 0 fully saturated rings. The van der Waals surface area contributed by atoms with Crippen molar-refractivity contribution in [3.05, 3.63) is 124 Å². The van der Waals surface area contributed by atoms with Crippen molar-refractivity contribution in [1.82, 2.24) is 4.57 Å². The molecule has 4 aliphatic rings. The van der Waals surface area contributed by atoms with Gasteiger partial charge in [0.1, 0.15) is 0 Å². The molecule has 296 valence electrons. The van der Waals surface area contributed by atoms with Gasteiger partial charge in [0.25, 0.3) is 0 Å². The third-order valence-corrected chi connectivity index (χ3v) is 16.8. The largest absolute Gasteiger partial charge is 0.376 e. The molecule has 3 aliphatic heterocycles. The molecule has 11 rings (SSSR count). The van der Waals surface area contributed by atoms with Gasteiger partial charge >= 0.3 is 6.85 Å². The van der Waals surface area contributed by atoms with Gasteiger partial charge in [0.05, 0.1) is 11.0 Å². The van der Waals surface area contributed by atoms with Crippen molar-refractivity contribution in [2.24, 2.45) is 0 Å². The standard InChI is InChI=1S/C54H55BN2S2/c1-30-21-36-35-27-47-48(59-46-16-14-13-15-45(46)58-47)29-43(35)57(42-28-39-38(23-31(42)2)53(9,10)19-20-54(39,11)12)55-40-26-33(52(6,7)8)25-37-34-24-32(51(3,4)5)17-18-41(34)56(50(37)40)44(22-30)49(36)55/h13-18,21-29H,19-20H2,1-12H3. The number of aryl methyl sites for hydroxylation is 2. The molecule has 5 heteroatoms. The minimum atomic E-state index is -0.0355. The van der Waals surface area contributed by atoms with E-state index in [4.69, 9.17) is 0 Å². The predicted octanol–water partition coefficient (Wildman–Crippen LogP) is 14.2. The van der Waals surface area contributed by atoms with Gasteiger partial charge in [0, 0.05) is 53.0 Å². The van der Waals surface area contributed by atoms with Crippen molar-refractivity contribution < 1.29 is 0 Å². The fourth-order valence-corrected chi connectivity index (χ4v) is 13.1. The molecule has 0 saturated heterocycles. The topological polar surface area (TPSA) is 8.17 Å². The van der Waals surface area contributed by atoms with E-state index in [1.807, 2.05) is 23.5 Å². The zero-order valence-corrected chi connectivity index (χ0v) is 38.5. The predicted molar refractivity (Wildman–Crippen MR) is 257 cm³/mol. The van der Waals surface area contributed by atoms with Gasteiger partial charge < -0.3 is 9.38 Å². The molecular formula is C54H55BN2S2. The Labute approximate surface area is 360 Å². The van der Waals surface area contributed by atoms with Crippen LogP contribution < -0.4 is 15.7 Å². The second-order valence-electron chi connectivity index (χ2n) is 21.5. The maximum atomic E-state index is 2.80. The minimum Gasteiger partial charge on any atom is -0.376 e. The van der Waals surface area contributed by atoms with E-state index in [-0.39, 0.29) is 28.5 Å². The van der Waals surface area contributed by atoms with E-state index in [1.54, 1.807) is 0 Å². The van der Waals surface area contributed by atoms with Crippen LogP contribution >= 0.6 is 23.5 Å². The molecular weight excluding hydrogens is 752 g/mol. The molecule has 0 unspecified atom stereocenters. The lowest BCUT2D eigenvalue weighted by Gasteiger charge is -2.46. The first-order chi connectivity index (χ1) is 27.8. The van der Waals surface area contributed by atoms with Crippen LogP contribution in [-0.2, 0) is 21.7 Å². The molecule has 1 aromatic heterocycles. The van der Waals surface area contributed by atoms with E-state index in [0.29, 0.717) is 0 Å². The van der Waals surface area contributed by atoms with Crippen molar-refractivity contribution in [2.45, 2.75) is 137 Å². The first-order valence-electron chi connectivity index (χ1n) is 21.7. The Balaban J connectivity index is 1.29. The highest BCUT2D eigenvalue weighted by molar-refractivity contribution is 8.05. The lowest BCUT2D eigenvalue weighted by atomic mass is 9.43. The number of anilines is 2. The van der Waals surface area contributed by atoms with Crippen molar-refractivity contribution in [3.63, 3.8) is 0 Å². The van der Waals surface area contributed by atoms with E-state index in [2.05, 4.69) is 183 Å². The highest BCUT2D eigenvalue weighted by Gasteiger charge is 2.47. The first-order valence-corrected chi connectivity index (χ1v) is 23.3. The van der Waals surface area contributed by atoms with Gasteiger partial charge in [-0.1, -0.05) is 129 Å². The van der Waals surface area contributed by atoms with Crippen LogP contribution in [0, 0.1) is 13.8 Å². The van der Waals surface area contributed by atoms with E-state index < -0.39 is 0 Å². The summed E-state index contributed by atoms with van der Waals surface area (Å²) in [6.07, 6.45) is 2.39. The van der Waals surface area contributed by atoms with E-state index in [9.17, 15) is 0 Å². The molecule has 0 amide bonds. The smallest absolute Gasteiger partial charge is 0.333 e. The zero-order chi connectivity index (χ0) is 41.3. The van der Waals surface area contributed by atoms with E-state index >= 15 is 0 Å². The van der Waals surface area contributed by atoms with Gasteiger partial charge in [-0.15, -0.1) is 0 Å². The minimum absolute atomic E-state index is 0.0140. The normalized spacial score (nSPS) is 17.1. The van der Waals surface area contributed by atoms with Crippen LogP contribution in [0.15, 0.2) is 111 Å². The number of hydrogen-bond acceptors (Lipinski definition) is 3. The first kappa shape index (κ1) is 37.7. The summed E-state index contributed by atoms with van der Waals surface area (Å²) in [5.74, 6) is 0. The van der Waals surface area contributed by atoms with Crippen molar-refractivity contribution in [3.8, 4) is 16.8 Å². The summed E-state index contributed by atoms with van der Waals surface area (Å²) in [4.78, 5) is 8.19. The summed E-state index contributed by atoms with van der Waals surface area (Å²) in [6, 6.07) is 36.6. The molecule has 0 spiro atoms. The highest BCUT2D eigenvalue weighted by Crippen LogP contribution is 2.55. The SMILES string of the molecule is Cc1cc2c3c(c1)-n1c4ccc(C(C)(C)C)cc4c4cc(C(C)(C)C)cc(c41)B3N(c1cc3c(cc1C)C(C)(C)CCC3(C)C)c1cc3c(cc1-2)Sc1ccccc1S3. The average molecular weight is 807 g/mol. The second-order valence-corrected chi connectivity index (χ2v) is 23.6. The van der Waals surface area contributed by atoms with E-state index in [1.165, 1.54) is 127 Å². The third-order valence-electron chi connectivity index (χ3n) is 14.3. The maximum absolute atomic E-state index is 2.80. The molecule has 6 aromatic carbocycles. The number of hydrogen-bond donors (Lipinski definition) is 0. The van der Waals surface area contributed by atoms with Crippen LogP contribution in [0.2, 0.25) is 0 Å². The molecule has 2 nitrogen and oxygen atoms in total. The summed E-state index contributed by atoms with van der Waals surface area (Å²) in [7, 11) is 0. The van der Waals surface area contributed by atoms with Crippen LogP contribution in [0.1, 0.15) is 115 Å². The lowest BCUT2D eigenvalue weighted by molar-refractivity contribution is 0.332. The van der Waals surface area contributed by atoms with Crippen LogP contribution in [-0.4, -0.2) is 11.4 Å². The zero-order valence-electron chi connectivity index (χ0n) is 36.9. The molecule has 0 saturated carbocycles. The van der Waals surface area contributed by atoms with Gasteiger partial charge in [0.15, 0.2) is 0 Å². The molecule has 0 atom stereocenters. The average Bonchev–Trinajstić information content (AvgIpc) is 3.50. The Bertz CT molecular complexity index is 3000. The Hall–Kier alpha value is -4.32. The summed E-state index contributed by atoms with van der Waals surface area (Å²) >= 11 is 3.86. The molecule has 0 N–H and O–H groups in total. The van der Waals surface area contributed by atoms with Gasteiger partial charge in [-0.2, -0.15) is 0 Å². The van der Waals surface area contributed by atoms with Crippen molar-refractivity contribution >= 4 is 74.5 Å². The van der Waals surface area contributed by atoms with Crippen LogP contribution in [0.3, 0.4) is 0 Å². The highest BCUT2D eigenvalue weighted by atomic mass is 32.2. The molecule has 7 aromatic rings. The monoisotopic (exact) mass is 806 g/mol. The van der Waals surface area contributed by atoms with Crippen LogP contribution in [0.25, 0.3) is 38.6 Å². The quantitative estimate of drug-likeness (QED) is 0.153. The maximum Gasteiger partial charge on any atom is 0.333 e. The summed E-state index contributed by atoms with van der Waals surface area (Å²) in [5, 5.41) is 2.72. The summed E-state index contributed by atoms with van der Waals surface area (Å²) < 4.78 is 2.65. The summed E-state index contributed by atoms with van der Waals surface area (Å²) in [6.45, 7) is 28.7. The number of rotatable bonds is 1. The van der Waals surface area contributed by atoms with E-state index in [0.717, 1.165) is 0 Å². The fourth-order valence-electron chi connectivity index (χ4n) is 10.8. The molecule has 0 bridgehead atoms. The molecule has 4 heterocycles. The van der Waals surface area contributed by atoms with Crippen molar-refractivity contribution in [2.75, 3.05) is 4.81 Å². The fraction of sp³-hybridized carbons (Fsp3) is 0.333. The number of benzene rings is 6. The van der Waals surface area contributed by atoms with Crippen LogP contribution in [0.5, 0.6) is 0 Å². The lowest BCUT2D eigenvalue weighted by Crippen LogP contribution is -2.61. The van der Waals surface area contributed by atoms with Gasteiger partial charge in [-0.25, -0.2) is 0 Å². The molecule has 59 heavy (non-hydrogen) atoms. The number of nitrogens with zero attached hydrogens (tertiary/aromatic N) is 2. The van der Waals surface area contributed by atoms with Gasteiger partial charge in [-0.05, 0) is 153 Å². The molecule has 0 radical (unpaired) electrons. The number of aromatic nitrogens is 1. The van der Waals surface area contributed by atoms with Gasteiger partial charge in [0.2, 0.25) is 0 Å². The Morgan fingerprint density at radius 2 is 1.20 bits per heavy atom. The van der Waals surface area contributed by atoms with Crippen LogP contribution in [0.4, 0.5) is 11.4 Å². The molecule has 1 aliphatic carbocycles. The van der Waals surface area contributed by atoms with Crippen molar-refractivity contribution in [1.29, 1.82) is 0 Å². The van der Waals surface area contributed by atoms with Gasteiger partial charge in [-0.3, -0.25) is 0 Å². The Kier molecular flexibility index (Phi) is 7.77. The number of fused-ring (bicyclic) bond motifs is 10. The Morgan fingerprint density at radius 3 is 1.86 bits per heavy atom.